The van der Waals surface area contributed by atoms with E-state index in [-0.39, 0.29) is 11.9 Å². The number of nitrogens with zero attached hydrogens (tertiary/aromatic N) is 5. The normalized spacial score (nSPS) is 22.0. The van der Waals surface area contributed by atoms with Gasteiger partial charge in [-0.15, -0.1) is 0 Å². The van der Waals surface area contributed by atoms with Gasteiger partial charge in [-0.3, -0.25) is 9.78 Å². The predicted octanol–water partition coefficient (Wildman–Crippen LogP) is 2.07. The lowest BCUT2D eigenvalue weighted by Crippen LogP contribution is -2.39. The van der Waals surface area contributed by atoms with E-state index >= 15 is 0 Å². The Morgan fingerprint density at radius 3 is 2.92 bits per heavy atom. The molecular formula is C18H23N5O2. The lowest BCUT2D eigenvalue weighted by Gasteiger charge is -2.29. The smallest absolute Gasteiger partial charge is 0.256 e. The average Bonchev–Trinajstić information content (AvgIpc) is 3.39. The minimum absolute atomic E-state index is 0.0257. The van der Waals surface area contributed by atoms with Gasteiger partial charge >= 0.3 is 0 Å². The standard InChI is InChI=1S/C18H23N5O2/c1-13-20-17(25-21-13)16-12-22(11-14-5-6-14)8-3-9-23(16)18(24)15-4-2-7-19-10-15/h2,4,7,10,14,16H,3,5-6,8-9,11-12H2,1H3. The molecule has 2 aromatic rings. The first-order valence-electron chi connectivity index (χ1n) is 8.94. The molecule has 0 spiro atoms. The van der Waals surface area contributed by atoms with Crippen molar-refractivity contribution in [3.8, 4) is 0 Å². The van der Waals surface area contributed by atoms with E-state index in [1.165, 1.54) is 12.8 Å². The minimum Gasteiger partial charge on any atom is -0.337 e. The highest BCUT2D eigenvalue weighted by atomic mass is 16.5. The fourth-order valence-corrected chi connectivity index (χ4v) is 3.44. The van der Waals surface area contributed by atoms with Crippen LogP contribution in [0, 0.1) is 12.8 Å². The lowest BCUT2D eigenvalue weighted by molar-refractivity contribution is 0.0632. The second-order valence-electron chi connectivity index (χ2n) is 6.99. The molecule has 132 valence electrons. The fourth-order valence-electron chi connectivity index (χ4n) is 3.44. The van der Waals surface area contributed by atoms with Gasteiger partial charge in [0.05, 0.1) is 5.56 Å². The first kappa shape index (κ1) is 16.2. The molecule has 2 aromatic heterocycles. The number of hydrogen-bond donors (Lipinski definition) is 0. The van der Waals surface area contributed by atoms with Crippen molar-refractivity contribution in [1.82, 2.24) is 24.9 Å². The Kier molecular flexibility index (Phi) is 4.48. The third kappa shape index (κ3) is 3.71. The molecular weight excluding hydrogens is 318 g/mol. The van der Waals surface area contributed by atoms with E-state index in [9.17, 15) is 4.79 Å². The molecule has 0 aromatic carbocycles. The van der Waals surface area contributed by atoms with Gasteiger partial charge in [0.1, 0.15) is 6.04 Å². The number of aromatic nitrogens is 3. The summed E-state index contributed by atoms with van der Waals surface area (Å²) in [6.45, 7) is 5.32. The van der Waals surface area contributed by atoms with E-state index in [1.807, 2.05) is 4.90 Å². The van der Waals surface area contributed by atoms with Gasteiger partial charge in [-0.05, 0) is 50.8 Å². The van der Waals surface area contributed by atoms with Gasteiger partial charge in [-0.1, -0.05) is 5.16 Å². The van der Waals surface area contributed by atoms with Crippen molar-refractivity contribution in [1.29, 1.82) is 0 Å². The molecule has 0 bridgehead atoms. The molecule has 2 aliphatic rings. The van der Waals surface area contributed by atoms with E-state index < -0.39 is 0 Å². The summed E-state index contributed by atoms with van der Waals surface area (Å²) in [6, 6.07) is 3.38. The van der Waals surface area contributed by atoms with Gasteiger partial charge < -0.3 is 14.3 Å². The van der Waals surface area contributed by atoms with Crippen molar-refractivity contribution in [2.45, 2.75) is 32.2 Å². The number of rotatable bonds is 4. The quantitative estimate of drug-likeness (QED) is 0.847. The van der Waals surface area contributed by atoms with Crippen molar-refractivity contribution in [3.05, 3.63) is 41.8 Å². The number of hydrogen-bond acceptors (Lipinski definition) is 6. The molecule has 0 N–H and O–H groups in total. The number of amides is 1. The van der Waals surface area contributed by atoms with Gasteiger partial charge in [0.25, 0.3) is 11.8 Å². The van der Waals surface area contributed by atoms with Crippen molar-refractivity contribution in [3.63, 3.8) is 0 Å². The molecule has 1 aliphatic heterocycles. The Labute approximate surface area is 147 Å². The van der Waals surface area contributed by atoms with Crippen LogP contribution in [0.3, 0.4) is 0 Å². The van der Waals surface area contributed by atoms with Crippen molar-refractivity contribution < 1.29 is 9.32 Å². The summed E-state index contributed by atoms with van der Waals surface area (Å²) in [5.41, 5.74) is 0.597. The van der Waals surface area contributed by atoms with Crippen LogP contribution in [-0.2, 0) is 0 Å². The van der Waals surface area contributed by atoms with Crippen LogP contribution in [-0.4, -0.2) is 57.0 Å². The topological polar surface area (TPSA) is 75.4 Å². The Bertz CT molecular complexity index is 728. The van der Waals surface area contributed by atoms with Gasteiger partial charge in [-0.2, -0.15) is 4.98 Å². The maximum Gasteiger partial charge on any atom is 0.256 e. The third-order valence-corrected chi connectivity index (χ3v) is 4.89. The molecule has 1 saturated carbocycles. The summed E-state index contributed by atoms with van der Waals surface area (Å²) in [5, 5.41) is 3.93. The zero-order valence-electron chi connectivity index (χ0n) is 14.5. The Balaban J connectivity index is 1.61. The number of aryl methyl sites for hydroxylation is 1. The monoisotopic (exact) mass is 341 g/mol. The number of carbonyl (C=O) groups excluding carboxylic acids is 1. The Morgan fingerprint density at radius 2 is 2.24 bits per heavy atom. The molecule has 1 saturated heterocycles. The van der Waals surface area contributed by atoms with Gasteiger partial charge in [0.2, 0.25) is 0 Å². The molecule has 25 heavy (non-hydrogen) atoms. The first-order valence-corrected chi connectivity index (χ1v) is 8.94. The molecule has 7 nitrogen and oxygen atoms in total. The molecule has 4 rings (SSSR count). The van der Waals surface area contributed by atoms with Crippen LogP contribution in [0.25, 0.3) is 0 Å². The van der Waals surface area contributed by atoms with E-state index in [2.05, 4.69) is 20.0 Å². The molecule has 3 heterocycles. The SMILES string of the molecule is Cc1noc(C2CN(CC3CC3)CCCN2C(=O)c2cccnc2)n1. The molecule has 7 heteroatoms. The van der Waals surface area contributed by atoms with E-state index in [4.69, 9.17) is 4.52 Å². The van der Waals surface area contributed by atoms with Gasteiger partial charge in [-0.25, -0.2) is 0 Å². The second-order valence-corrected chi connectivity index (χ2v) is 6.99. The molecule has 1 amide bonds. The Morgan fingerprint density at radius 1 is 1.36 bits per heavy atom. The largest absolute Gasteiger partial charge is 0.337 e. The van der Waals surface area contributed by atoms with E-state index in [0.717, 1.165) is 32.0 Å². The highest BCUT2D eigenvalue weighted by Gasteiger charge is 2.35. The average molecular weight is 341 g/mol. The van der Waals surface area contributed by atoms with Crippen LogP contribution in [0.2, 0.25) is 0 Å². The highest BCUT2D eigenvalue weighted by molar-refractivity contribution is 5.94. The van der Waals surface area contributed by atoms with Gasteiger partial charge in [0.15, 0.2) is 5.82 Å². The van der Waals surface area contributed by atoms with Crippen molar-refractivity contribution >= 4 is 5.91 Å². The van der Waals surface area contributed by atoms with Crippen LogP contribution < -0.4 is 0 Å². The summed E-state index contributed by atoms with van der Waals surface area (Å²) in [7, 11) is 0. The van der Waals surface area contributed by atoms with Crippen LogP contribution in [0.1, 0.15) is 47.4 Å². The minimum atomic E-state index is -0.213. The molecule has 0 radical (unpaired) electrons. The van der Waals surface area contributed by atoms with E-state index in [1.54, 1.807) is 31.5 Å². The first-order chi connectivity index (χ1) is 12.2. The van der Waals surface area contributed by atoms with E-state index in [0.29, 0.717) is 23.8 Å². The third-order valence-electron chi connectivity index (χ3n) is 4.89. The lowest BCUT2D eigenvalue weighted by atomic mass is 10.1. The second kappa shape index (κ2) is 6.92. The summed E-state index contributed by atoms with van der Waals surface area (Å²) in [4.78, 5) is 25.9. The predicted molar refractivity (Wildman–Crippen MR) is 90.8 cm³/mol. The highest BCUT2D eigenvalue weighted by Crippen LogP contribution is 2.32. The van der Waals surface area contributed by atoms with Crippen LogP contribution in [0.5, 0.6) is 0 Å². The molecule has 1 aliphatic carbocycles. The maximum atomic E-state index is 13.1. The number of pyridine rings is 1. The van der Waals surface area contributed by atoms with Gasteiger partial charge in [0, 0.05) is 32.0 Å². The molecule has 2 fully saturated rings. The zero-order valence-corrected chi connectivity index (χ0v) is 14.5. The molecule has 1 atom stereocenters. The van der Waals surface area contributed by atoms with Crippen LogP contribution in [0.15, 0.2) is 29.0 Å². The number of carbonyl (C=O) groups is 1. The molecule has 1 unspecified atom stereocenters. The summed E-state index contributed by atoms with van der Waals surface area (Å²) >= 11 is 0. The summed E-state index contributed by atoms with van der Waals surface area (Å²) in [5.74, 6) is 1.91. The Hall–Kier alpha value is -2.28. The van der Waals surface area contributed by atoms with Crippen molar-refractivity contribution in [2.24, 2.45) is 5.92 Å². The van der Waals surface area contributed by atoms with Crippen LogP contribution in [0.4, 0.5) is 0 Å². The summed E-state index contributed by atoms with van der Waals surface area (Å²) in [6.07, 6.45) is 6.88. The maximum absolute atomic E-state index is 13.1. The fraction of sp³-hybridized carbons (Fsp3) is 0.556. The zero-order chi connectivity index (χ0) is 17.2. The van der Waals surface area contributed by atoms with Crippen LogP contribution >= 0.6 is 0 Å². The summed E-state index contributed by atoms with van der Waals surface area (Å²) < 4.78 is 5.45. The van der Waals surface area contributed by atoms with Crippen molar-refractivity contribution in [2.75, 3.05) is 26.2 Å².